The average molecular weight is 306 g/mol. The molecule has 0 aliphatic rings. The summed E-state index contributed by atoms with van der Waals surface area (Å²) in [6, 6.07) is 6.18. The Kier molecular flexibility index (Phi) is 3.72. The van der Waals surface area contributed by atoms with Gasteiger partial charge in [-0.25, -0.2) is 8.42 Å². The molecule has 0 aliphatic heterocycles. The Balaban J connectivity index is 2.81. The van der Waals surface area contributed by atoms with Crippen molar-refractivity contribution in [2.45, 2.75) is 37.5 Å². The van der Waals surface area contributed by atoms with Crippen LogP contribution >= 0.6 is 0 Å². The summed E-state index contributed by atoms with van der Waals surface area (Å²) in [6.45, 7) is 6.65. The largest absolute Gasteiger partial charge is 0.508 e. The molecule has 112 valence electrons. The maximum absolute atomic E-state index is 12.8. The Labute approximate surface area is 124 Å². The van der Waals surface area contributed by atoms with Gasteiger partial charge in [0.2, 0.25) is 9.84 Å². The zero-order chi connectivity index (χ0) is 15.9. The van der Waals surface area contributed by atoms with Gasteiger partial charge in [0, 0.05) is 0 Å². The van der Waals surface area contributed by atoms with E-state index in [1.807, 2.05) is 0 Å². The minimum Gasteiger partial charge on any atom is -0.508 e. The van der Waals surface area contributed by atoms with Crippen LogP contribution in [0.2, 0.25) is 0 Å². The second kappa shape index (κ2) is 5.07. The third-order valence-corrected chi connectivity index (χ3v) is 5.65. The number of rotatable bonds is 2. The monoisotopic (exact) mass is 306 g/mol. The second-order valence-corrected chi connectivity index (χ2v) is 7.14. The summed E-state index contributed by atoms with van der Waals surface area (Å²) in [7, 11) is -3.90. The molecular weight excluding hydrogens is 288 g/mol. The van der Waals surface area contributed by atoms with Crippen LogP contribution in [0.3, 0.4) is 0 Å². The molecule has 2 aromatic rings. The van der Waals surface area contributed by atoms with Crippen LogP contribution < -0.4 is 0 Å². The Morgan fingerprint density at radius 1 is 0.810 bits per heavy atom. The summed E-state index contributed by atoms with van der Waals surface area (Å²) in [5, 5.41) is 19.9. The van der Waals surface area contributed by atoms with Crippen LogP contribution in [0.15, 0.2) is 34.1 Å². The highest BCUT2D eigenvalue weighted by atomic mass is 32.2. The summed E-state index contributed by atoms with van der Waals surface area (Å²) in [4.78, 5) is -0.0940. The van der Waals surface area contributed by atoms with E-state index in [1.165, 1.54) is 6.07 Å². The molecule has 2 aromatic carbocycles. The first-order chi connectivity index (χ1) is 9.66. The number of hydrogen-bond donors (Lipinski definition) is 2. The molecule has 0 fully saturated rings. The van der Waals surface area contributed by atoms with E-state index in [-0.39, 0.29) is 21.3 Å². The van der Waals surface area contributed by atoms with Crippen LogP contribution in [0.1, 0.15) is 22.3 Å². The lowest BCUT2D eigenvalue weighted by Gasteiger charge is -2.14. The standard InChI is InChI=1S/C16H18O4S/c1-9-5-6-10(2)16(15(9)18)21(19,20)14-8-13(17)11(3)7-12(14)4/h5-8,17-18H,1-4H3. The van der Waals surface area contributed by atoms with Crippen molar-refractivity contribution in [1.29, 1.82) is 0 Å². The average Bonchev–Trinajstić information content (AvgIpc) is 2.38. The number of sulfone groups is 1. The van der Waals surface area contributed by atoms with E-state index < -0.39 is 9.84 Å². The molecular formula is C16H18O4S. The van der Waals surface area contributed by atoms with E-state index in [0.29, 0.717) is 22.3 Å². The fourth-order valence-corrected chi connectivity index (χ4v) is 4.21. The SMILES string of the molecule is Cc1cc(C)c(S(=O)(=O)c2c(C)ccc(C)c2O)cc1O. The first kappa shape index (κ1) is 15.4. The molecule has 0 radical (unpaired) electrons. The smallest absolute Gasteiger partial charge is 0.210 e. The summed E-state index contributed by atoms with van der Waals surface area (Å²) < 4.78 is 25.7. The second-order valence-electron chi connectivity index (χ2n) is 5.28. The van der Waals surface area contributed by atoms with E-state index in [0.717, 1.165) is 0 Å². The summed E-state index contributed by atoms with van der Waals surface area (Å²) in [5.74, 6) is -0.321. The number of phenols is 2. The molecule has 0 spiro atoms. The lowest BCUT2D eigenvalue weighted by molar-refractivity contribution is 0.452. The van der Waals surface area contributed by atoms with Gasteiger partial charge in [-0.3, -0.25) is 0 Å². The topological polar surface area (TPSA) is 74.6 Å². The van der Waals surface area contributed by atoms with Gasteiger partial charge in [0.25, 0.3) is 0 Å². The fraction of sp³-hybridized carbons (Fsp3) is 0.250. The molecule has 2 rings (SSSR count). The van der Waals surface area contributed by atoms with Crippen molar-refractivity contribution in [3.8, 4) is 11.5 Å². The van der Waals surface area contributed by atoms with E-state index in [4.69, 9.17) is 0 Å². The van der Waals surface area contributed by atoms with Crippen LogP contribution in [-0.2, 0) is 9.84 Å². The van der Waals surface area contributed by atoms with Crippen LogP contribution in [0, 0.1) is 27.7 Å². The minimum absolute atomic E-state index is 0.00889. The van der Waals surface area contributed by atoms with Gasteiger partial charge < -0.3 is 10.2 Å². The molecule has 0 atom stereocenters. The highest BCUT2D eigenvalue weighted by Gasteiger charge is 2.27. The fourth-order valence-electron chi connectivity index (χ4n) is 2.33. The van der Waals surface area contributed by atoms with Gasteiger partial charge in [-0.15, -0.1) is 0 Å². The third kappa shape index (κ3) is 2.49. The normalized spacial score (nSPS) is 11.6. The lowest BCUT2D eigenvalue weighted by atomic mass is 10.1. The molecule has 0 amide bonds. The van der Waals surface area contributed by atoms with Crippen molar-refractivity contribution < 1.29 is 18.6 Å². The predicted octanol–water partition coefficient (Wildman–Crippen LogP) is 3.16. The molecule has 0 aromatic heterocycles. The molecule has 0 unspecified atom stereocenters. The van der Waals surface area contributed by atoms with Crippen LogP contribution in [-0.4, -0.2) is 18.6 Å². The Bertz CT molecular complexity index is 821. The van der Waals surface area contributed by atoms with Crippen LogP contribution in [0.4, 0.5) is 0 Å². The lowest BCUT2D eigenvalue weighted by Crippen LogP contribution is -2.07. The van der Waals surface area contributed by atoms with Gasteiger partial charge in [-0.2, -0.15) is 0 Å². The third-order valence-electron chi connectivity index (χ3n) is 3.58. The zero-order valence-corrected chi connectivity index (χ0v) is 13.2. The van der Waals surface area contributed by atoms with Gasteiger partial charge in [-0.1, -0.05) is 18.2 Å². The van der Waals surface area contributed by atoms with Crippen molar-refractivity contribution >= 4 is 9.84 Å². The Hall–Kier alpha value is -2.01. The molecule has 21 heavy (non-hydrogen) atoms. The molecule has 0 saturated heterocycles. The molecule has 4 nitrogen and oxygen atoms in total. The van der Waals surface area contributed by atoms with Crippen molar-refractivity contribution in [2.75, 3.05) is 0 Å². The Morgan fingerprint density at radius 3 is 2.00 bits per heavy atom. The maximum atomic E-state index is 12.8. The van der Waals surface area contributed by atoms with Crippen LogP contribution in [0.25, 0.3) is 0 Å². The van der Waals surface area contributed by atoms with Crippen molar-refractivity contribution in [3.05, 3.63) is 46.5 Å². The molecule has 0 bridgehead atoms. The number of hydrogen-bond acceptors (Lipinski definition) is 4. The summed E-state index contributed by atoms with van der Waals surface area (Å²) >= 11 is 0. The van der Waals surface area contributed by atoms with E-state index in [9.17, 15) is 18.6 Å². The van der Waals surface area contributed by atoms with Gasteiger partial charge in [0.15, 0.2) is 0 Å². The predicted molar refractivity (Wildman–Crippen MR) is 80.6 cm³/mol. The Morgan fingerprint density at radius 2 is 1.38 bits per heavy atom. The van der Waals surface area contributed by atoms with Gasteiger partial charge >= 0.3 is 0 Å². The maximum Gasteiger partial charge on any atom is 0.210 e. The van der Waals surface area contributed by atoms with E-state index in [1.54, 1.807) is 45.9 Å². The molecule has 0 heterocycles. The number of benzene rings is 2. The summed E-state index contributed by atoms with van der Waals surface area (Å²) in [6.07, 6.45) is 0. The minimum atomic E-state index is -3.90. The quantitative estimate of drug-likeness (QED) is 0.893. The highest BCUT2D eigenvalue weighted by Crippen LogP contribution is 2.36. The first-order valence-corrected chi connectivity index (χ1v) is 7.99. The first-order valence-electron chi connectivity index (χ1n) is 6.50. The zero-order valence-electron chi connectivity index (χ0n) is 12.4. The van der Waals surface area contributed by atoms with Crippen molar-refractivity contribution in [3.63, 3.8) is 0 Å². The van der Waals surface area contributed by atoms with Crippen molar-refractivity contribution in [2.24, 2.45) is 0 Å². The summed E-state index contributed by atoms with van der Waals surface area (Å²) in [5.41, 5.74) is 2.10. The van der Waals surface area contributed by atoms with Gasteiger partial charge in [-0.05, 0) is 56.0 Å². The number of phenolic OH excluding ortho intramolecular Hbond substituents is 2. The van der Waals surface area contributed by atoms with Crippen molar-refractivity contribution in [1.82, 2.24) is 0 Å². The van der Waals surface area contributed by atoms with Crippen LogP contribution in [0.5, 0.6) is 11.5 Å². The molecule has 5 heteroatoms. The highest BCUT2D eigenvalue weighted by molar-refractivity contribution is 7.91. The molecule has 2 N–H and O–H groups in total. The molecule has 0 saturated carbocycles. The number of aryl methyl sites for hydroxylation is 4. The van der Waals surface area contributed by atoms with E-state index >= 15 is 0 Å². The van der Waals surface area contributed by atoms with E-state index in [2.05, 4.69) is 0 Å². The number of aromatic hydroxyl groups is 2. The van der Waals surface area contributed by atoms with Gasteiger partial charge in [0.05, 0.1) is 4.90 Å². The van der Waals surface area contributed by atoms with Gasteiger partial charge in [0.1, 0.15) is 16.4 Å². The molecule has 0 aliphatic carbocycles.